The predicted octanol–water partition coefficient (Wildman–Crippen LogP) is 5.51. The molecule has 9 atom stereocenters. The fraction of sp³-hybridized carbons (Fsp3) is 0.958. The van der Waals surface area contributed by atoms with Gasteiger partial charge in [0.05, 0.1) is 6.10 Å². The first-order valence-corrected chi connectivity index (χ1v) is 11.7. The Morgan fingerprint density at radius 2 is 1.78 bits per heavy atom. The number of hydrogen-bond donors (Lipinski definition) is 2. The lowest BCUT2D eigenvalue weighted by Gasteiger charge is -2.62. The van der Waals surface area contributed by atoms with E-state index in [0.29, 0.717) is 46.8 Å². The topological polar surface area (TPSA) is 57.5 Å². The Morgan fingerprint density at radius 3 is 2.52 bits per heavy atom. The monoisotopic (exact) mass is 376 g/mol. The molecule has 0 aromatic carbocycles. The zero-order chi connectivity index (χ0) is 19.4. The molecule has 0 spiro atoms. The molecule has 0 bridgehead atoms. The quantitative estimate of drug-likeness (QED) is 0.680. The smallest absolute Gasteiger partial charge is 0.303 e. The summed E-state index contributed by atoms with van der Waals surface area (Å²) in [5.74, 6) is 3.02. The van der Waals surface area contributed by atoms with Crippen molar-refractivity contribution in [2.75, 3.05) is 0 Å². The molecule has 154 valence electrons. The highest BCUT2D eigenvalue weighted by Crippen LogP contribution is 2.68. The molecule has 0 radical (unpaired) electrons. The minimum Gasteiger partial charge on any atom is -0.481 e. The molecule has 0 saturated heterocycles. The van der Waals surface area contributed by atoms with E-state index < -0.39 is 5.97 Å². The molecule has 1 unspecified atom stereocenters. The third-order valence-electron chi connectivity index (χ3n) is 10.2. The molecule has 4 saturated carbocycles. The summed E-state index contributed by atoms with van der Waals surface area (Å²) in [4.78, 5) is 11.0. The second kappa shape index (κ2) is 7.04. The van der Waals surface area contributed by atoms with Crippen LogP contribution >= 0.6 is 0 Å². The van der Waals surface area contributed by atoms with Gasteiger partial charge in [-0.05, 0) is 97.7 Å². The van der Waals surface area contributed by atoms with Gasteiger partial charge in [-0.1, -0.05) is 33.6 Å². The Bertz CT molecular complexity index is 574. The van der Waals surface area contributed by atoms with Crippen LogP contribution in [0.15, 0.2) is 0 Å². The summed E-state index contributed by atoms with van der Waals surface area (Å²) >= 11 is 0. The zero-order valence-corrected chi connectivity index (χ0v) is 17.6. The van der Waals surface area contributed by atoms with Crippen molar-refractivity contribution < 1.29 is 15.0 Å². The highest BCUT2D eigenvalue weighted by molar-refractivity contribution is 5.66. The number of hydrogen-bond acceptors (Lipinski definition) is 2. The molecule has 4 aliphatic carbocycles. The molecular weight excluding hydrogens is 336 g/mol. The van der Waals surface area contributed by atoms with Crippen molar-refractivity contribution in [3.8, 4) is 0 Å². The van der Waals surface area contributed by atoms with Gasteiger partial charge >= 0.3 is 5.97 Å². The first kappa shape index (κ1) is 19.7. The fourth-order valence-corrected chi connectivity index (χ4v) is 8.78. The predicted molar refractivity (Wildman–Crippen MR) is 107 cm³/mol. The number of carboxylic acids is 1. The van der Waals surface area contributed by atoms with E-state index in [1.54, 1.807) is 0 Å². The number of carboxylic acid groups (broad SMARTS) is 1. The average Bonchev–Trinajstić information content (AvgIpc) is 2.97. The maximum atomic E-state index is 11.2. The van der Waals surface area contributed by atoms with E-state index in [0.717, 1.165) is 18.8 Å². The van der Waals surface area contributed by atoms with Gasteiger partial charge in [0.25, 0.3) is 0 Å². The van der Waals surface area contributed by atoms with E-state index in [1.165, 1.54) is 51.4 Å². The third-order valence-corrected chi connectivity index (χ3v) is 10.2. The van der Waals surface area contributed by atoms with Gasteiger partial charge in [-0.2, -0.15) is 0 Å². The van der Waals surface area contributed by atoms with Gasteiger partial charge in [0.15, 0.2) is 0 Å². The lowest BCUT2D eigenvalue weighted by atomic mass is 9.44. The van der Waals surface area contributed by atoms with Crippen LogP contribution in [0.5, 0.6) is 0 Å². The molecule has 4 fully saturated rings. The number of carbonyl (C=O) groups is 1. The van der Waals surface area contributed by atoms with Gasteiger partial charge in [0.2, 0.25) is 0 Å². The Hall–Kier alpha value is -0.570. The van der Waals surface area contributed by atoms with Gasteiger partial charge in [-0.25, -0.2) is 0 Å². The minimum absolute atomic E-state index is 0.108. The van der Waals surface area contributed by atoms with Gasteiger partial charge < -0.3 is 10.2 Å². The first-order chi connectivity index (χ1) is 12.8. The van der Waals surface area contributed by atoms with Crippen molar-refractivity contribution in [1.29, 1.82) is 0 Å². The molecule has 3 heteroatoms. The minimum atomic E-state index is -0.663. The van der Waals surface area contributed by atoms with E-state index in [2.05, 4.69) is 20.8 Å². The van der Waals surface area contributed by atoms with Gasteiger partial charge in [0, 0.05) is 6.42 Å². The second-order valence-electron chi connectivity index (χ2n) is 11.2. The normalized spacial score (nSPS) is 50.4. The van der Waals surface area contributed by atoms with Crippen molar-refractivity contribution >= 4 is 5.97 Å². The molecule has 0 aromatic heterocycles. The van der Waals surface area contributed by atoms with E-state index in [-0.39, 0.29) is 6.10 Å². The Labute approximate surface area is 165 Å². The summed E-state index contributed by atoms with van der Waals surface area (Å²) in [5.41, 5.74) is 0.758. The highest BCUT2D eigenvalue weighted by atomic mass is 16.4. The van der Waals surface area contributed by atoms with Gasteiger partial charge in [-0.15, -0.1) is 0 Å². The molecule has 27 heavy (non-hydrogen) atoms. The standard InChI is InChI=1S/C24H40O3/c1-15(7-10-21(26)27)17-8-9-18-22-19(11-13-24(17,18)3)23(2)12-5-4-6-16(23)14-20(22)25/h15-20,22,25H,4-14H2,1-3H3,(H,26,27)/t15-,16+,17-,18+,19+,20-,22?,23+,24-/m1/s1. The summed E-state index contributed by atoms with van der Waals surface area (Å²) in [6.07, 6.45) is 12.5. The summed E-state index contributed by atoms with van der Waals surface area (Å²) in [7, 11) is 0. The number of aliphatic carboxylic acids is 1. The molecule has 0 heterocycles. The number of aliphatic hydroxyl groups excluding tert-OH is 1. The first-order valence-electron chi connectivity index (χ1n) is 11.7. The second-order valence-corrected chi connectivity index (χ2v) is 11.2. The van der Waals surface area contributed by atoms with Crippen molar-refractivity contribution in [2.45, 2.75) is 97.5 Å². The molecule has 0 aromatic rings. The van der Waals surface area contributed by atoms with Crippen LogP contribution in [0.3, 0.4) is 0 Å². The maximum absolute atomic E-state index is 11.2. The van der Waals surface area contributed by atoms with E-state index in [4.69, 9.17) is 5.11 Å². The molecular formula is C24H40O3. The molecule has 3 nitrogen and oxygen atoms in total. The summed E-state index contributed by atoms with van der Waals surface area (Å²) in [5, 5.41) is 20.3. The van der Waals surface area contributed by atoms with Crippen molar-refractivity contribution in [2.24, 2.45) is 46.3 Å². The lowest BCUT2D eigenvalue weighted by Crippen LogP contribution is -2.57. The van der Waals surface area contributed by atoms with E-state index in [9.17, 15) is 9.90 Å². The largest absolute Gasteiger partial charge is 0.481 e. The Balaban J connectivity index is 1.56. The molecule has 0 amide bonds. The number of rotatable bonds is 4. The van der Waals surface area contributed by atoms with E-state index in [1.807, 2.05) is 0 Å². The van der Waals surface area contributed by atoms with Crippen molar-refractivity contribution in [3.05, 3.63) is 0 Å². The van der Waals surface area contributed by atoms with Crippen LogP contribution in [-0.4, -0.2) is 22.3 Å². The van der Waals surface area contributed by atoms with E-state index >= 15 is 0 Å². The lowest BCUT2D eigenvalue weighted by molar-refractivity contribution is -0.164. The van der Waals surface area contributed by atoms with Crippen molar-refractivity contribution in [3.63, 3.8) is 0 Å². The Kier molecular flexibility index (Phi) is 5.15. The van der Waals surface area contributed by atoms with Crippen LogP contribution in [0, 0.1) is 46.3 Å². The van der Waals surface area contributed by atoms with Crippen LogP contribution in [0.25, 0.3) is 0 Å². The SMILES string of the molecule is C[C@H](CCC(=O)O)[C@H]1CC[C@H]2C3[C@H](O)C[C@@H]4CCCC[C@]4(C)[C@H]3CC[C@]12C. The molecule has 0 aliphatic heterocycles. The number of fused-ring (bicyclic) bond motifs is 5. The Morgan fingerprint density at radius 1 is 1.04 bits per heavy atom. The maximum Gasteiger partial charge on any atom is 0.303 e. The molecule has 4 aliphatic rings. The van der Waals surface area contributed by atoms with Crippen LogP contribution in [0.2, 0.25) is 0 Å². The van der Waals surface area contributed by atoms with Crippen LogP contribution in [0.1, 0.15) is 91.4 Å². The average molecular weight is 377 g/mol. The molecule has 2 N–H and O–H groups in total. The van der Waals surface area contributed by atoms with Crippen molar-refractivity contribution in [1.82, 2.24) is 0 Å². The fourth-order valence-electron chi connectivity index (χ4n) is 8.78. The van der Waals surface area contributed by atoms with Crippen LogP contribution in [0.4, 0.5) is 0 Å². The summed E-state index contributed by atoms with van der Waals surface area (Å²) in [6.45, 7) is 7.33. The molecule has 4 rings (SSSR count). The zero-order valence-electron chi connectivity index (χ0n) is 17.6. The van der Waals surface area contributed by atoms with Crippen LogP contribution < -0.4 is 0 Å². The summed E-state index contributed by atoms with van der Waals surface area (Å²) in [6, 6.07) is 0. The summed E-state index contributed by atoms with van der Waals surface area (Å²) < 4.78 is 0. The number of aliphatic hydroxyl groups is 1. The highest BCUT2D eigenvalue weighted by Gasteiger charge is 2.62. The van der Waals surface area contributed by atoms with Gasteiger partial charge in [0.1, 0.15) is 0 Å². The van der Waals surface area contributed by atoms with Gasteiger partial charge in [-0.3, -0.25) is 4.79 Å². The van der Waals surface area contributed by atoms with Crippen LogP contribution in [-0.2, 0) is 4.79 Å². The third kappa shape index (κ3) is 3.07.